The predicted molar refractivity (Wildman–Crippen MR) is 64.2 cm³/mol. The number of rotatable bonds is 3. The molecule has 1 saturated heterocycles. The van der Waals surface area contributed by atoms with E-state index in [-0.39, 0.29) is 0 Å². The Morgan fingerprint density at radius 2 is 2.18 bits per heavy atom. The van der Waals surface area contributed by atoms with E-state index >= 15 is 0 Å². The average Bonchev–Trinajstić information content (AvgIpc) is 2.90. The third-order valence-corrected chi connectivity index (χ3v) is 3.96. The molecule has 0 saturated carbocycles. The molecule has 0 amide bonds. The van der Waals surface area contributed by atoms with E-state index < -0.39 is 0 Å². The number of nitrogens with zero attached hydrogens (tertiary/aromatic N) is 4. The lowest BCUT2D eigenvalue weighted by Crippen LogP contribution is -2.16. The lowest BCUT2D eigenvalue weighted by molar-refractivity contribution is 0.0831. The largest absolute Gasteiger partial charge is 0.381 e. The molecule has 6 nitrogen and oxygen atoms in total. The van der Waals surface area contributed by atoms with Gasteiger partial charge in [0, 0.05) is 25.6 Å². The molecule has 92 valence electrons. The lowest BCUT2D eigenvalue weighted by atomic mass is 10.00. The number of ether oxygens (including phenoxy) is 1. The summed E-state index contributed by atoms with van der Waals surface area (Å²) in [5.74, 6) is 1.40. The van der Waals surface area contributed by atoms with E-state index in [1.54, 1.807) is 11.3 Å². The highest BCUT2D eigenvalue weighted by molar-refractivity contribution is 7.16. The van der Waals surface area contributed by atoms with Crippen LogP contribution in [0.5, 0.6) is 0 Å². The van der Waals surface area contributed by atoms with Crippen molar-refractivity contribution in [3.05, 3.63) is 10.8 Å². The summed E-state index contributed by atoms with van der Waals surface area (Å²) in [4.78, 5) is 0.870. The molecule has 0 radical (unpaired) electrons. The van der Waals surface area contributed by atoms with Gasteiger partial charge in [-0.1, -0.05) is 11.3 Å². The van der Waals surface area contributed by atoms with E-state index in [0.29, 0.717) is 12.5 Å². The quantitative estimate of drug-likeness (QED) is 0.865. The molecular formula is C10H15N5OS. The maximum atomic E-state index is 5.54. The summed E-state index contributed by atoms with van der Waals surface area (Å²) < 4.78 is 7.24. The fourth-order valence-electron chi connectivity index (χ4n) is 2.11. The molecule has 2 N–H and O–H groups in total. The van der Waals surface area contributed by atoms with Gasteiger partial charge < -0.3 is 10.5 Å². The number of aromatic nitrogens is 4. The van der Waals surface area contributed by atoms with Crippen molar-refractivity contribution < 1.29 is 4.74 Å². The molecule has 0 spiro atoms. The van der Waals surface area contributed by atoms with Crippen LogP contribution in [0.2, 0.25) is 0 Å². The zero-order valence-electron chi connectivity index (χ0n) is 9.50. The SMILES string of the molecule is NCCc1nn2c(C3CCOCC3)nnc2s1. The van der Waals surface area contributed by atoms with Crippen LogP contribution in [0.1, 0.15) is 29.6 Å². The lowest BCUT2D eigenvalue weighted by Gasteiger charge is -2.19. The summed E-state index contributed by atoms with van der Waals surface area (Å²) in [6.45, 7) is 2.23. The van der Waals surface area contributed by atoms with Gasteiger partial charge in [0.05, 0.1) is 0 Å². The van der Waals surface area contributed by atoms with Crippen LogP contribution in [0, 0.1) is 0 Å². The van der Waals surface area contributed by atoms with Crippen LogP contribution < -0.4 is 5.73 Å². The van der Waals surface area contributed by atoms with Crippen LogP contribution in [0.15, 0.2) is 0 Å². The monoisotopic (exact) mass is 253 g/mol. The van der Waals surface area contributed by atoms with Crippen molar-refractivity contribution in [2.24, 2.45) is 5.73 Å². The van der Waals surface area contributed by atoms with Crippen molar-refractivity contribution in [1.29, 1.82) is 0 Å². The van der Waals surface area contributed by atoms with Crippen molar-refractivity contribution in [3.63, 3.8) is 0 Å². The second-order valence-electron chi connectivity index (χ2n) is 4.17. The molecule has 3 heterocycles. The Morgan fingerprint density at radius 3 is 2.94 bits per heavy atom. The highest BCUT2D eigenvalue weighted by Crippen LogP contribution is 2.26. The maximum Gasteiger partial charge on any atom is 0.234 e. The average molecular weight is 253 g/mol. The van der Waals surface area contributed by atoms with Crippen LogP contribution in [0.25, 0.3) is 4.96 Å². The minimum Gasteiger partial charge on any atom is -0.381 e. The molecule has 7 heteroatoms. The first kappa shape index (κ1) is 11.1. The predicted octanol–water partition coefficient (Wildman–Crippen LogP) is 0.581. The normalized spacial score (nSPS) is 17.9. The van der Waals surface area contributed by atoms with Gasteiger partial charge in [0.2, 0.25) is 4.96 Å². The van der Waals surface area contributed by atoms with Gasteiger partial charge in [-0.05, 0) is 19.4 Å². The Labute approximate surface area is 103 Å². The van der Waals surface area contributed by atoms with Crippen molar-refractivity contribution in [1.82, 2.24) is 19.8 Å². The molecule has 0 atom stereocenters. The molecule has 3 rings (SSSR count). The van der Waals surface area contributed by atoms with E-state index in [4.69, 9.17) is 10.5 Å². The van der Waals surface area contributed by atoms with Gasteiger partial charge in [0.1, 0.15) is 5.01 Å². The Bertz CT molecular complexity index is 502. The van der Waals surface area contributed by atoms with Gasteiger partial charge in [-0.2, -0.15) is 9.61 Å². The number of nitrogens with two attached hydrogens (primary N) is 1. The molecule has 0 bridgehead atoms. The van der Waals surface area contributed by atoms with Gasteiger partial charge in [-0.3, -0.25) is 0 Å². The summed E-state index contributed by atoms with van der Waals surface area (Å²) in [6, 6.07) is 0. The Kier molecular flexibility index (Phi) is 3.04. The Hall–Kier alpha value is -1.05. The molecule has 2 aromatic heterocycles. The molecule has 0 aliphatic carbocycles. The number of fused-ring (bicyclic) bond motifs is 1. The van der Waals surface area contributed by atoms with Crippen LogP contribution in [-0.2, 0) is 11.2 Å². The highest BCUT2D eigenvalue weighted by Gasteiger charge is 2.22. The molecule has 1 aliphatic heterocycles. The molecule has 2 aromatic rings. The van der Waals surface area contributed by atoms with E-state index in [0.717, 1.165) is 48.3 Å². The standard InChI is InChI=1S/C10H15N5OS/c11-4-1-8-14-15-9(12-13-10(15)17-8)7-2-5-16-6-3-7/h7H,1-6,11H2. The molecule has 17 heavy (non-hydrogen) atoms. The van der Waals surface area contributed by atoms with Crippen LogP contribution in [-0.4, -0.2) is 39.6 Å². The van der Waals surface area contributed by atoms with E-state index in [1.807, 2.05) is 4.52 Å². The van der Waals surface area contributed by atoms with Crippen LogP contribution >= 0.6 is 11.3 Å². The van der Waals surface area contributed by atoms with Gasteiger partial charge >= 0.3 is 0 Å². The first-order valence-corrected chi connectivity index (χ1v) is 6.69. The fraction of sp³-hybridized carbons (Fsp3) is 0.700. The van der Waals surface area contributed by atoms with Gasteiger partial charge in [-0.25, -0.2) is 0 Å². The van der Waals surface area contributed by atoms with E-state index in [2.05, 4.69) is 15.3 Å². The van der Waals surface area contributed by atoms with Gasteiger partial charge in [0.25, 0.3) is 0 Å². The highest BCUT2D eigenvalue weighted by atomic mass is 32.1. The molecule has 1 aliphatic rings. The third kappa shape index (κ3) is 2.05. The summed E-state index contributed by atoms with van der Waals surface area (Å²) in [7, 11) is 0. The third-order valence-electron chi connectivity index (χ3n) is 3.00. The molecule has 0 unspecified atom stereocenters. The van der Waals surface area contributed by atoms with Crippen LogP contribution in [0.4, 0.5) is 0 Å². The zero-order chi connectivity index (χ0) is 11.7. The van der Waals surface area contributed by atoms with E-state index in [9.17, 15) is 0 Å². The summed E-state index contributed by atoms with van der Waals surface area (Å²) >= 11 is 1.57. The molecular weight excluding hydrogens is 238 g/mol. The van der Waals surface area contributed by atoms with Crippen LogP contribution in [0.3, 0.4) is 0 Å². The minimum atomic E-state index is 0.423. The smallest absolute Gasteiger partial charge is 0.234 e. The summed E-state index contributed by atoms with van der Waals surface area (Å²) in [5.41, 5.74) is 5.54. The number of hydrogen-bond acceptors (Lipinski definition) is 6. The molecule has 1 fully saturated rings. The Morgan fingerprint density at radius 1 is 1.35 bits per heavy atom. The Balaban J connectivity index is 1.92. The topological polar surface area (TPSA) is 78.3 Å². The fourth-order valence-corrected chi connectivity index (χ4v) is 2.96. The van der Waals surface area contributed by atoms with Crippen molar-refractivity contribution in [2.75, 3.05) is 19.8 Å². The first-order chi connectivity index (χ1) is 8.38. The zero-order valence-corrected chi connectivity index (χ0v) is 10.3. The van der Waals surface area contributed by atoms with Gasteiger partial charge in [-0.15, -0.1) is 10.2 Å². The summed E-state index contributed by atoms with van der Waals surface area (Å²) in [6.07, 6.45) is 2.82. The van der Waals surface area contributed by atoms with E-state index in [1.165, 1.54) is 0 Å². The second-order valence-corrected chi connectivity index (χ2v) is 5.21. The first-order valence-electron chi connectivity index (χ1n) is 5.87. The van der Waals surface area contributed by atoms with Gasteiger partial charge in [0.15, 0.2) is 5.82 Å². The van der Waals surface area contributed by atoms with Crippen molar-refractivity contribution >= 4 is 16.3 Å². The maximum absolute atomic E-state index is 5.54. The number of hydrogen-bond donors (Lipinski definition) is 1. The minimum absolute atomic E-state index is 0.423. The molecule has 0 aromatic carbocycles. The van der Waals surface area contributed by atoms with Crippen molar-refractivity contribution in [3.8, 4) is 0 Å². The second kappa shape index (κ2) is 4.67. The van der Waals surface area contributed by atoms with Crippen molar-refractivity contribution in [2.45, 2.75) is 25.2 Å². The summed E-state index contributed by atoms with van der Waals surface area (Å²) in [5, 5.41) is 14.0.